The predicted molar refractivity (Wildman–Crippen MR) is 159 cm³/mol. The van der Waals surface area contributed by atoms with Crippen LogP contribution in [0.5, 0.6) is 0 Å². The van der Waals surface area contributed by atoms with Gasteiger partial charge in [-0.2, -0.15) is 0 Å². The summed E-state index contributed by atoms with van der Waals surface area (Å²) in [6.45, 7) is 10.1. The summed E-state index contributed by atoms with van der Waals surface area (Å²) in [4.78, 5) is 30.8. The SMILES string of the molecule is Cc1cc(C)c(CNC(=O)c2cc(-c3ccc(COCCCN(C)C)cc3)cc(NC(C)C)c2C=N)c(=O)[nH]1. The Balaban J connectivity index is 1.85. The van der Waals surface area contributed by atoms with Gasteiger partial charge in [-0.05, 0) is 95.2 Å². The minimum absolute atomic E-state index is 0.0954. The molecule has 0 bridgehead atoms. The molecule has 1 aromatic heterocycles. The van der Waals surface area contributed by atoms with Gasteiger partial charge in [0, 0.05) is 47.9 Å². The van der Waals surface area contributed by atoms with Crippen molar-refractivity contribution in [2.75, 3.05) is 32.6 Å². The van der Waals surface area contributed by atoms with E-state index in [0.717, 1.165) is 40.9 Å². The van der Waals surface area contributed by atoms with Gasteiger partial charge >= 0.3 is 0 Å². The molecule has 4 N–H and O–H groups in total. The van der Waals surface area contributed by atoms with Gasteiger partial charge in [0.1, 0.15) is 0 Å². The number of nitrogens with zero attached hydrogens (tertiary/aromatic N) is 1. The van der Waals surface area contributed by atoms with Crippen molar-refractivity contribution < 1.29 is 9.53 Å². The topological polar surface area (TPSA) is 110 Å². The number of carbonyl (C=O) groups is 1. The Morgan fingerprint density at radius 3 is 2.44 bits per heavy atom. The number of benzene rings is 2. The number of anilines is 1. The third kappa shape index (κ3) is 8.37. The minimum atomic E-state index is -0.343. The zero-order valence-electron chi connectivity index (χ0n) is 23.9. The smallest absolute Gasteiger partial charge is 0.253 e. The van der Waals surface area contributed by atoms with Gasteiger partial charge in [0.05, 0.1) is 12.2 Å². The molecule has 3 aromatic rings. The maximum atomic E-state index is 13.4. The van der Waals surface area contributed by atoms with E-state index in [2.05, 4.69) is 34.6 Å². The van der Waals surface area contributed by atoms with Crippen LogP contribution >= 0.6 is 0 Å². The summed E-state index contributed by atoms with van der Waals surface area (Å²) in [6, 6.07) is 13.9. The van der Waals surface area contributed by atoms with Crippen LogP contribution in [-0.4, -0.2) is 55.3 Å². The number of aromatic nitrogens is 1. The maximum absolute atomic E-state index is 13.4. The van der Waals surface area contributed by atoms with Crippen molar-refractivity contribution in [2.45, 2.75) is 53.3 Å². The van der Waals surface area contributed by atoms with Crippen molar-refractivity contribution in [1.29, 1.82) is 5.41 Å². The molecule has 0 saturated heterocycles. The number of hydrogen-bond acceptors (Lipinski definition) is 6. The lowest BCUT2D eigenvalue weighted by Crippen LogP contribution is -2.29. The molecule has 0 aliphatic heterocycles. The number of aryl methyl sites for hydroxylation is 2. The summed E-state index contributed by atoms with van der Waals surface area (Å²) < 4.78 is 5.81. The van der Waals surface area contributed by atoms with Crippen LogP contribution in [0.1, 0.15) is 58.6 Å². The quantitative estimate of drug-likeness (QED) is 0.186. The minimum Gasteiger partial charge on any atom is -0.382 e. The van der Waals surface area contributed by atoms with Crippen LogP contribution in [0.2, 0.25) is 0 Å². The first-order chi connectivity index (χ1) is 18.6. The highest BCUT2D eigenvalue weighted by molar-refractivity contribution is 6.06. The second-order valence-corrected chi connectivity index (χ2v) is 10.5. The Kier molecular flexibility index (Phi) is 10.6. The van der Waals surface area contributed by atoms with Crippen LogP contribution in [0.15, 0.2) is 47.3 Å². The highest BCUT2D eigenvalue weighted by Gasteiger charge is 2.18. The van der Waals surface area contributed by atoms with Gasteiger partial charge in [0.2, 0.25) is 0 Å². The Bertz CT molecular complexity index is 1340. The number of hydrogen-bond donors (Lipinski definition) is 4. The highest BCUT2D eigenvalue weighted by atomic mass is 16.5. The van der Waals surface area contributed by atoms with E-state index in [1.807, 2.05) is 64.1 Å². The van der Waals surface area contributed by atoms with Gasteiger partial charge in [-0.3, -0.25) is 9.59 Å². The molecule has 0 spiro atoms. The first-order valence-electron chi connectivity index (χ1n) is 13.3. The van der Waals surface area contributed by atoms with Gasteiger partial charge in [0.25, 0.3) is 11.5 Å². The fourth-order valence-corrected chi connectivity index (χ4v) is 4.43. The van der Waals surface area contributed by atoms with Crippen molar-refractivity contribution in [3.63, 3.8) is 0 Å². The monoisotopic (exact) mass is 531 g/mol. The molecular weight excluding hydrogens is 490 g/mol. The molecule has 8 nitrogen and oxygen atoms in total. The number of rotatable bonds is 13. The van der Waals surface area contributed by atoms with Crippen molar-refractivity contribution in [3.05, 3.63) is 86.3 Å². The number of aromatic amines is 1. The third-order valence-electron chi connectivity index (χ3n) is 6.38. The molecule has 0 atom stereocenters. The first kappa shape index (κ1) is 29.8. The largest absolute Gasteiger partial charge is 0.382 e. The van der Waals surface area contributed by atoms with Crippen LogP contribution in [-0.2, 0) is 17.9 Å². The number of carbonyl (C=O) groups excluding carboxylic acids is 1. The van der Waals surface area contributed by atoms with Crippen LogP contribution < -0.4 is 16.2 Å². The average Bonchev–Trinajstić information content (AvgIpc) is 2.87. The number of nitrogens with one attached hydrogen (secondary N) is 4. The highest BCUT2D eigenvalue weighted by Crippen LogP contribution is 2.29. The van der Waals surface area contributed by atoms with E-state index >= 15 is 0 Å². The first-order valence-corrected chi connectivity index (χ1v) is 13.3. The molecular formula is C31H41N5O3. The number of H-pyrrole nitrogens is 1. The molecule has 1 amide bonds. The van der Waals surface area contributed by atoms with Gasteiger partial charge in [-0.1, -0.05) is 24.3 Å². The van der Waals surface area contributed by atoms with Crippen LogP contribution in [0.4, 0.5) is 5.69 Å². The van der Waals surface area contributed by atoms with Gasteiger partial charge in [0.15, 0.2) is 0 Å². The summed E-state index contributed by atoms with van der Waals surface area (Å²) >= 11 is 0. The molecule has 0 radical (unpaired) electrons. The Hall–Kier alpha value is -3.75. The second kappa shape index (κ2) is 13.9. The van der Waals surface area contributed by atoms with E-state index in [1.165, 1.54) is 6.21 Å². The molecule has 0 saturated carbocycles. The molecule has 0 unspecified atom stereocenters. The molecule has 0 fully saturated rings. The lowest BCUT2D eigenvalue weighted by atomic mass is 9.96. The zero-order chi connectivity index (χ0) is 28.5. The summed E-state index contributed by atoms with van der Waals surface area (Å²) in [5.74, 6) is -0.343. The number of ether oxygens (including phenoxy) is 1. The molecule has 2 aromatic carbocycles. The van der Waals surface area contributed by atoms with Gasteiger partial charge in [-0.15, -0.1) is 0 Å². The fraction of sp³-hybridized carbons (Fsp3) is 0.387. The van der Waals surface area contributed by atoms with Crippen LogP contribution in [0.3, 0.4) is 0 Å². The zero-order valence-corrected chi connectivity index (χ0v) is 23.9. The Labute approximate surface area is 231 Å². The molecule has 8 heteroatoms. The van der Waals surface area contributed by atoms with E-state index in [9.17, 15) is 9.59 Å². The predicted octanol–water partition coefficient (Wildman–Crippen LogP) is 4.88. The molecule has 39 heavy (non-hydrogen) atoms. The number of amides is 1. The molecule has 208 valence electrons. The summed E-state index contributed by atoms with van der Waals surface area (Å²) in [5.41, 5.74) is 6.38. The van der Waals surface area contributed by atoms with Crippen molar-refractivity contribution in [3.8, 4) is 11.1 Å². The van der Waals surface area contributed by atoms with Gasteiger partial charge in [-0.25, -0.2) is 0 Å². The third-order valence-corrected chi connectivity index (χ3v) is 6.38. The average molecular weight is 532 g/mol. The van der Waals surface area contributed by atoms with E-state index in [-0.39, 0.29) is 24.1 Å². The summed E-state index contributed by atoms with van der Waals surface area (Å²) in [7, 11) is 4.10. The van der Waals surface area contributed by atoms with Crippen LogP contribution in [0, 0.1) is 19.3 Å². The summed E-state index contributed by atoms with van der Waals surface area (Å²) in [6.07, 6.45) is 2.18. The number of pyridine rings is 1. The van der Waals surface area contributed by atoms with Crippen LogP contribution in [0.25, 0.3) is 11.1 Å². The molecule has 1 heterocycles. The second-order valence-electron chi connectivity index (χ2n) is 10.5. The van der Waals surface area contributed by atoms with Crippen molar-refractivity contribution in [2.24, 2.45) is 0 Å². The lowest BCUT2D eigenvalue weighted by molar-refractivity contribution is 0.0950. The fourth-order valence-electron chi connectivity index (χ4n) is 4.43. The standard InChI is InChI=1S/C31H41N5O3/c1-20(2)34-29-16-25(24-10-8-23(9-11-24)19-39-13-7-12-36(5)6)15-26(27(29)17-32)30(37)33-18-28-21(3)14-22(4)35-31(28)38/h8-11,14-17,20,32,34H,7,12-13,18-19H2,1-6H3,(H,33,37)(H,35,38). The van der Waals surface area contributed by atoms with E-state index < -0.39 is 0 Å². The lowest BCUT2D eigenvalue weighted by Gasteiger charge is -2.18. The molecule has 3 rings (SSSR count). The Morgan fingerprint density at radius 1 is 1.10 bits per heavy atom. The maximum Gasteiger partial charge on any atom is 0.253 e. The van der Waals surface area contributed by atoms with E-state index in [1.54, 1.807) is 6.07 Å². The summed E-state index contributed by atoms with van der Waals surface area (Å²) in [5, 5.41) is 14.3. The normalized spacial score (nSPS) is 11.2. The van der Waals surface area contributed by atoms with E-state index in [4.69, 9.17) is 10.1 Å². The van der Waals surface area contributed by atoms with Gasteiger partial charge < -0.3 is 30.7 Å². The van der Waals surface area contributed by atoms with Crippen molar-refractivity contribution >= 4 is 17.8 Å². The van der Waals surface area contributed by atoms with E-state index in [0.29, 0.717) is 35.6 Å². The molecule has 0 aliphatic rings. The van der Waals surface area contributed by atoms with Crippen molar-refractivity contribution in [1.82, 2.24) is 15.2 Å². The Morgan fingerprint density at radius 2 is 1.82 bits per heavy atom. The molecule has 0 aliphatic carbocycles.